The normalized spacial score (nSPS) is 9.85. The number of halogens is 1. The maximum atomic E-state index is 11.2. The lowest BCUT2D eigenvalue weighted by Crippen LogP contribution is -2.00. The van der Waals surface area contributed by atoms with Crippen LogP contribution in [0.1, 0.15) is 21.5 Å². The van der Waals surface area contributed by atoms with Crippen molar-refractivity contribution in [1.82, 2.24) is 0 Å². The van der Waals surface area contributed by atoms with E-state index < -0.39 is 5.97 Å². The Morgan fingerprint density at radius 3 is 2.65 bits per heavy atom. The minimum atomic E-state index is -1.04. The van der Waals surface area contributed by atoms with Crippen molar-refractivity contribution in [3.05, 3.63) is 57.6 Å². The van der Waals surface area contributed by atoms with Gasteiger partial charge >= 0.3 is 5.97 Å². The summed E-state index contributed by atoms with van der Waals surface area (Å²) >= 11 is 3.26. The molecule has 20 heavy (non-hydrogen) atoms. The van der Waals surface area contributed by atoms with Crippen molar-refractivity contribution in [2.45, 2.75) is 6.92 Å². The maximum absolute atomic E-state index is 11.2. The van der Waals surface area contributed by atoms with Gasteiger partial charge in [-0.25, -0.2) is 4.79 Å². The van der Waals surface area contributed by atoms with E-state index in [1.165, 1.54) is 0 Å². The van der Waals surface area contributed by atoms with E-state index in [9.17, 15) is 9.90 Å². The van der Waals surface area contributed by atoms with E-state index in [1.54, 1.807) is 36.4 Å². The molecule has 0 radical (unpaired) electrons. The van der Waals surface area contributed by atoms with E-state index in [2.05, 4.69) is 15.9 Å². The molecule has 0 aromatic heterocycles. The van der Waals surface area contributed by atoms with Crippen LogP contribution in [0.2, 0.25) is 0 Å². The molecule has 0 saturated heterocycles. The Morgan fingerprint density at radius 1 is 1.30 bits per heavy atom. The second-order valence-electron chi connectivity index (χ2n) is 4.16. The molecule has 0 saturated carbocycles. The third-order valence-corrected chi connectivity index (χ3v) is 3.31. The summed E-state index contributed by atoms with van der Waals surface area (Å²) in [5.41, 5.74) is 1.43. The van der Waals surface area contributed by atoms with Crippen LogP contribution in [0.25, 0.3) is 0 Å². The molecule has 4 nitrogen and oxygen atoms in total. The van der Waals surface area contributed by atoms with Crippen LogP contribution >= 0.6 is 15.9 Å². The van der Waals surface area contributed by atoms with Crippen LogP contribution in [-0.2, 0) is 0 Å². The molecule has 0 bridgehead atoms. The van der Waals surface area contributed by atoms with Crippen molar-refractivity contribution in [3.8, 4) is 17.6 Å². The first kappa shape index (κ1) is 14.1. The summed E-state index contributed by atoms with van der Waals surface area (Å²) < 4.78 is 6.18. The van der Waals surface area contributed by atoms with Gasteiger partial charge in [-0.15, -0.1) is 0 Å². The van der Waals surface area contributed by atoms with Crippen LogP contribution in [0.5, 0.6) is 11.5 Å². The number of hydrogen-bond acceptors (Lipinski definition) is 3. The second-order valence-corrected chi connectivity index (χ2v) is 5.01. The fourth-order valence-electron chi connectivity index (χ4n) is 1.68. The van der Waals surface area contributed by atoms with Gasteiger partial charge in [0.05, 0.1) is 5.56 Å². The Labute approximate surface area is 124 Å². The van der Waals surface area contributed by atoms with Crippen molar-refractivity contribution < 1.29 is 14.6 Å². The van der Waals surface area contributed by atoms with Gasteiger partial charge in [-0.2, -0.15) is 5.26 Å². The maximum Gasteiger partial charge on any atom is 0.339 e. The summed E-state index contributed by atoms with van der Waals surface area (Å²) in [4.78, 5) is 11.2. The summed E-state index contributed by atoms with van der Waals surface area (Å²) in [5.74, 6) is -0.321. The van der Waals surface area contributed by atoms with E-state index in [4.69, 9.17) is 10.00 Å². The summed E-state index contributed by atoms with van der Waals surface area (Å²) in [5, 5.41) is 18.0. The number of nitriles is 1. The number of ether oxygens (including phenoxy) is 1. The lowest BCUT2D eigenvalue weighted by Gasteiger charge is -2.10. The number of rotatable bonds is 3. The zero-order chi connectivity index (χ0) is 14.7. The van der Waals surface area contributed by atoms with Crippen LogP contribution in [-0.4, -0.2) is 11.1 Å². The number of carboxylic acids is 1. The fourth-order valence-corrected chi connectivity index (χ4v) is 2.12. The monoisotopic (exact) mass is 331 g/mol. The highest BCUT2D eigenvalue weighted by Crippen LogP contribution is 2.29. The number of benzene rings is 2. The molecule has 1 N–H and O–H groups in total. The van der Waals surface area contributed by atoms with Crippen LogP contribution in [0.15, 0.2) is 40.9 Å². The predicted octanol–water partition coefficient (Wildman–Crippen LogP) is 4.12. The molecule has 0 amide bonds. The van der Waals surface area contributed by atoms with E-state index >= 15 is 0 Å². The third kappa shape index (κ3) is 2.98. The predicted molar refractivity (Wildman–Crippen MR) is 77.1 cm³/mol. The summed E-state index contributed by atoms with van der Waals surface area (Å²) in [7, 11) is 0. The molecule has 100 valence electrons. The number of carboxylic acid groups (broad SMARTS) is 1. The van der Waals surface area contributed by atoms with E-state index in [0.717, 1.165) is 5.56 Å². The van der Waals surface area contributed by atoms with Crippen molar-refractivity contribution in [2.75, 3.05) is 0 Å². The van der Waals surface area contributed by atoms with Gasteiger partial charge in [0.1, 0.15) is 23.1 Å². The lowest BCUT2D eigenvalue weighted by atomic mass is 10.1. The first-order chi connectivity index (χ1) is 9.51. The zero-order valence-electron chi connectivity index (χ0n) is 10.6. The van der Waals surface area contributed by atoms with Crippen molar-refractivity contribution >= 4 is 21.9 Å². The molecule has 0 aliphatic carbocycles. The van der Waals surface area contributed by atoms with Gasteiger partial charge in [0, 0.05) is 4.47 Å². The highest BCUT2D eigenvalue weighted by molar-refractivity contribution is 9.10. The van der Waals surface area contributed by atoms with Gasteiger partial charge in [0.15, 0.2) is 0 Å². The quantitative estimate of drug-likeness (QED) is 0.918. The van der Waals surface area contributed by atoms with Gasteiger partial charge in [0.2, 0.25) is 0 Å². The number of carbonyl (C=O) groups is 1. The van der Waals surface area contributed by atoms with E-state index in [0.29, 0.717) is 15.8 Å². The van der Waals surface area contributed by atoms with Gasteiger partial charge < -0.3 is 9.84 Å². The van der Waals surface area contributed by atoms with Crippen molar-refractivity contribution in [3.63, 3.8) is 0 Å². The van der Waals surface area contributed by atoms with Gasteiger partial charge in [-0.1, -0.05) is 11.6 Å². The van der Waals surface area contributed by atoms with Gasteiger partial charge in [-0.3, -0.25) is 0 Å². The Bertz CT molecular complexity index is 720. The molecule has 2 aromatic carbocycles. The summed E-state index contributed by atoms with van der Waals surface area (Å²) in [6, 6.07) is 11.8. The van der Waals surface area contributed by atoms with Crippen molar-refractivity contribution in [1.29, 1.82) is 5.26 Å². The first-order valence-electron chi connectivity index (χ1n) is 5.72. The minimum absolute atomic E-state index is 0.102. The Balaban J connectivity index is 2.38. The van der Waals surface area contributed by atoms with Crippen LogP contribution in [0.4, 0.5) is 0 Å². The number of nitrogens with zero attached hydrogens (tertiary/aromatic N) is 1. The smallest absolute Gasteiger partial charge is 0.339 e. The molecule has 0 fully saturated rings. The first-order valence-corrected chi connectivity index (χ1v) is 6.52. The topological polar surface area (TPSA) is 70.3 Å². The molecule has 0 aliphatic rings. The molecule has 0 heterocycles. The summed E-state index contributed by atoms with van der Waals surface area (Å²) in [6.45, 7) is 1.81. The SMILES string of the molecule is Cc1ccc(Oc2ccc(C#N)c(Br)c2)c(C(=O)O)c1. The molecule has 0 unspecified atom stereocenters. The van der Waals surface area contributed by atoms with Gasteiger partial charge in [0.25, 0.3) is 0 Å². The van der Waals surface area contributed by atoms with Gasteiger partial charge in [-0.05, 0) is 53.2 Å². The second kappa shape index (κ2) is 5.76. The largest absolute Gasteiger partial charge is 0.478 e. The zero-order valence-corrected chi connectivity index (χ0v) is 12.1. The van der Waals surface area contributed by atoms with E-state index in [1.807, 2.05) is 13.0 Å². The molecule has 5 heteroatoms. The average molecular weight is 332 g/mol. The van der Waals surface area contributed by atoms with Crippen LogP contribution in [0.3, 0.4) is 0 Å². The standard InChI is InChI=1S/C15H10BrNO3/c1-9-2-5-14(12(6-9)15(18)19)20-11-4-3-10(8-17)13(16)7-11/h2-7H,1H3,(H,18,19). The number of hydrogen-bond donors (Lipinski definition) is 1. The Kier molecular flexibility index (Phi) is 4.06. The van der Waals surface area contributed by atoms with Crippen molar-refractivity contribution in [2.24, 2.45) is 0 Å². The molecule has 0 aliphatic heterocycles. The Morgan fingerprint density at radius 2 is 2.05 bits per heavy atom. The summed E-state index contributed by atoms with van der Waals surface area (Å²) in [6.07, 6.45) is 0. The Hall–Kier alpha value is -2.32. The fraction of sp³-hybridized carbons (Fsp3) is 0.0667. The average Bonchev–Trinajstić information content (AvgIpc) is 2.41. The third-order valence-electron chi connectivity index (χ3n) is 2.65. The number of aryl methyl sites for hydroxylation is 1. The molecular formula is C15H10BrNO3. The minimum Gasteiger partial charge on any atom is -0.478 e. The molecular weight excluding hydrogens is 322 g/mol. The molecule has 2 aromatic rings. The molecule has 0 atom stereocenters. The highest BCUT2D eigenvalue weighted by atomic mass is 79.9. The van der Waals surface area contributed by atoms with Crippen LogP contribution < -0.4 is 4.74 Å². The highest BCUT2D eigenvalue weighted by Gasteiger charge is 2.12. The van der Waals surface area contributed by atoms with E-state index in [-0.39, 0.29) is 11.3 Å². The lowest BCUT2D eigenvalue weighted by molar-refractivity contribution is 0.0694. The molecule has 2 rings (SSSR count). The molecule has 0 spiro atoms. The van der Waals surface area contributed by atoms with Crippen LogP contribution in [0, 0.1) is 18.3 Å². The number of aromatic carboxylic acids is 1.